The molecule has 0 saturated heterocycles. The van der Waals surface area contributed by atoms with Crippen LogP contribution < -0.4 is 5.43 Å². The second-order valence-electron chi connectivity index (χ2n) is 5.00. The van der Waals surface area contributed by atoms with Crippen LogP contribution in [0.1, 0.15) is 35.6 Å². The maximum atomic E-state index is 11.9. The molecule has 0 aliphatic carbocycles. The maximum absolute atomic E-state index is 11.9. The average Bonchev–Trinajstić information content (AvgIpc) is 2.76. The number of aromatic nitrogens is 1. The van der Waals surface area contributed by atoms with Crippen LogP contribution in [0.4, 0.5) is 0 Å². The molecule has 4 nitrogen and oxygen atoms in total. The zero-order valence-electron chi connectivity index (χ0n) is 12.3. The number of nitrogens with zero attached hydrogens (tertiary/aromatic N) is 2. The molecule has 0 bridgehead atoms. The second kappa shape index (κ2) is 5.74. The number of rotatable bonds is 3. The highest BCUT2D eigenvalue weighted by molar-refractivity contribution is 5.95. The van der Waals surface area contributed by atoms with Crippen LogP contribution in [0.15, 0.2) is 41.5 Å². The molecule has 0 atom stereocenters. The molecule has 0 spiro atoms. The lowest BCUT2D eigenvalue weighted by atomic mass is 10.2. The van der Waals surface area contributed by atoms with Gasteiger partial charge in [0.1, 0.15) is 0 Å². The van der Waals surface area contributed by atoms with Crippen molar-refractivity contribution >= 4 is 11.6 Å². The van der Waals surface area contributed by atoms with Gasteiger partial charge in [0.2, 0.25) is 0 Å². The second-order valence-corrected chi connectivity index (χ2v) is 5.00. The minimum absolute atomic E-state index is 0.196. The molecule has 0 unspecified atom stereocenters. The van der Waals surface area contributed by atoms with Crippen molar-refractivity contribution in [2.45, 2.75) is 27.7 Å². The van der Waals surface area contributed by atoms with Gasteiger partial charge in [-0.25, -0.2) is 5.43 Å². The van der Waals surface area contributed by atoms with Gasteiger partial charge in [0.25, 0.3) is 5.91 Å². The van der Waals surface area contributed by atoms with Gasteiger partial charge in [-0.05, 0) is 64.1 Å². The largest absolute Gasteiger partial charge is 0.319 e. The highest BCUT2D eigenvalue weighted by Crippen LogP contribution is 2.16. The fourth-order valence-corrected chi connectivity index (χ4v) is 2.06. The lowest BCUT2D eigenvalue weighted by Crippen LogP contribution is -2.18. The Balaban J connectivity index is 2.23. The Hall–Kier alpha value is -2.36. The average molecular weight is 269 g/mol. The van der Waals surface area contributed by atoms with Gasteiger partial charge in [0, 0.05) is 28.4 Å². The van der Waals surface area contributed by atoms with Gasteiger partial charge >= 0.3 is 0 Å². The molecule has 1 amide bonds. The highest BCUT2D eigenvalue weighted by atomic mass is 16.2. The van der Waals surface area contributed by atoms with Gasteiger partial charge in [-0.3, -0.25) is 4.79 Å². The number of carbonyl (C=O) groups excluding carboxylic acids is 1. The van der Waals surface area contributed by atoms with Crippen LogP contribution in [0.2, 0.25) is 0 Å². The van der Waals surface area contributed by atoms with E-state index >= 15 is 0 Å². The molecular formula is C16H19N3O. The van der Waals surface area contributed by atoms with Gasteiger partial charge in [0.05, 0.1) is 0 Å². The van der Waals surface area contributed by atoms with Gasteiger partial charge < -0.3 is 4.57 Å². The topological polar surface area (TPSA) is 46.4 Å². The van der Waals surface area contributed by atoms with Crippen molar-refractivity contribution in [1.29, 1.82) is 0 Å². The predicted octanol–water partition coefficient (Wildman–Crippen LogP) is 3.22. The lowest BCUT2D eigenvalue weighted by molar-refractivity contribution is 0.0955. The van der Waals surface area contributed by atoms with Crippen molar-refractivity contribution in [2.75, 3.05) is 0 Å². The summed E-state index contributed by atoms with van der Waals surface area (Å²) in [6.07, 6.45) is 0. The molecule has 0 fully saturated rings. The van der Waals surface area contributed by atoms with E-state index in [-0.39, 0.29) is 5.91 Å². The van der Waals surface area contributed by atoms with E-state index in [1.165, 1.54) is 11.4 Å². The molecule has 2 aromatic rings. The Kier molecular flexibility index (Phi) is 4.03. The molecule has 0 radical (unpaired) electrons. The number of carbonyl (C=O) groups is 1. The molecule has 20 heavy (non-hydrogen) atoms. The van der Waals surface area contributed by atoms with Crippen LogP contribution in [0, 0.1) is 13.8 Å². The molecule has 4 heteroatoms. The first-order valence-corrected chi connectivity index (χ1v) is 6.55. The third kappa shape index (κ3) is 2.96. The van der Waals surface area contributed by atoms with Crippen molar-refractivity contribution < 1.29 is 4.79 Å². The Morgan fingerprint density at radius 3 is 2.05 bits per heavy atom. The van der Waals surface area contributed by atoms with Crippen LogP contribution in [0.3, 0.4) is 0 Å². The monoisotopic (exact) mass is 269 g/mol. The summed E-state index contributed by atoms with van der Waals surface area (Å²) in [7, 11) is 0. The van der Waals surface area contributed by atoms with E-state index in [1.807, 2.05) is 38.1 Å². The molecule has 1 aromatic carbocycles. The first kappa shape index (κ1) is 14.1. The van der Waals surface area contributed by atoms with Gasteiger partial charge in [-0.1, -0.05) is 0 Å². The lowest BCUT2D eigenvalue weighted by Gasteiger charge is -2.10. The SMILES string of the molecule is CC(C)=NNC(=O)c1ccc(-n2c(C)ccc2C)cc1. The molecule has 2 rings (SSSR count). The number of nitrogens with one attached hydrogen (secondary N) is 1. The third-order valence-electron chi connectivity index (χ3n) is 3.04. The van der Waals surface area contributed by atoms with E-state index in [1.54, 1.807) is 0 Å². The van der Waals surface area contributed by atoms with Crippen molar-refractivity contribution in [1.82, 2.24) is 9.99 Å². The van der Waals surface area contributed by atoms with Crippen LogP contribution in [0.5, 0.6) is 0 Å². The van der Waals surface area contributed by atoms with E-state index in [4.69, 9.17) is 0 Å². The van der Waals surface area contributed by atoms with Crippen LogP contribution in [-0.4, -0.2) is 16.2 Å². The number of benzene rings is 1. The minimum Gasteiger partial charge on any atom is -0.319 e. The minimum atomic E-state index is -0.196. The number of hydrogen-bond acceptors (Lipinski definition) is 2. The molecule has 0 aliphatic heterocycles. The Morgan fingerprint density at radius 2 is 1.55 bits per heavy atom. The molecule has 1 heterocycles. The Morgan fingerprint density at radius 1 is 1.00 bits per heavy atom. The third-order valence-corrected chi connectivity index (χ3v) is 3.04. The number of hydrogen-bond donors (Lipinski definition) is 1. The zero-order chi connectivity index (χ0) is 14.7. The van der Waals surface area contributed by atoms with Crippen LogP contribution >= 0.6 is 0 Å². The first-order chi connectivity index (χ1) is 9.49. The molecular weight excluding hydrogens is 250 g/mol. The number of aryl methyl sites for hydroxylation is 2. The molecule has 0 aliphatic rings. The van der Waals surface area contributed by atoms with Crippen molar-refractivity contribution in [3.63, 3.8) is 0 Å². The Labute approximate surface area is 119 Å². The summed E-state index contributed by atoms with van der Waals surface area (Å²) >= 11 is 0. The molecule has 104 valence electrons. The smallest absolute Gasteiger partial charge is 0.271 e. The predicted molar refractivity (Wildman–Crippen MR) is 81.5 cm³/mol. The fourth-order valence-electron chi connectivity index (χ4n) is 2.06. The summed E-state index contributed by atoms with van der Waals surface area (Å²) in [5, 5.41) is 3.91. The normalized spacial score (nSPS) is 10.2. The molecule has 1 aromatic heterocycles. The summed E-state index contributed by atoms with van der Waals surface area (Å²) in [6, 6.07) is 11.7. The summed E-state index contributed by atoms with van der Waals surface area (Å²) in [4.78, 5) is 11.9. The summed E-state index contributed by atoms with van der Waals surface area (Å²) < 4.78 is 2.15. The van der Waals surface area contributed by atoms with E-state index in [2.05, 4.69) is 41.1 Å². The van der Waals surface area contributed by atoms with E-state index in [9.17, 15) is 4.79 Å². The quantitative estimate of drug-likeness (QED) is 0.675. The van der Waals surface area contributed by atoms with Gasteiger partial charge in [-0.15, -0.1) is 0 Å². The fraction of sp³-hybridized carbons (Fsp3) is 0.250. The summed E-state index contributed by atoms with van der Waals surface area (Å²) in [6.45, 7) is 7.79. The summed E-state index contributed by atoms with van der Waals surface area (Å²) in [5.41, 5.74) is 7.33. The van der Waals surface area contributed by atoms with Crippen LogP contribution in [-0.2, 0) is 0 Å². The Bertz CT molecular complexity index is 627. The van der Waals surface area contributed by atoms with Gasteiger partial charge in [0.15, 0.2) is 0 Å². The molecule has 1 N–H and O–H groups in total. The molecule has 0 saturated carbocycles. The maximum Gasteiger partial charge on any atom is 0.271 e. The van der Waals surface area contributed by atoms with Crippen molar-refractivity contribution in [3.8, 4) is 5.69 Å². The van der Waals surface area contributed by atoms with Crippen molar-refractivity contribution in [2.24, 2.45) is 5.10 Å². The van der Waals surface area contributed by atoms with Crippen LogP contribution in [0.25, 0.3) is 5.69 Å². The number of amides is 1. The van der Waals surface area contributed by atoms with E-state index < -0.39 is 0 Å². The zero-order valence-corrected chi connectivity index (χ0v) is 12.3. The van der Waals surface area contributed by atoms with E-state index in [0.717, 1.165) is 11.4 Å². The number of hydrazone groups is 1. The van der Waals surface area contributed by atoms with Crippen molar-refractivity contribution in [3.05, 3.63) is 53.3 Å². The standard InChI is InChI=1S/C16H19N3O/c1-11(2)17-18-16(20)14-7-9-15(10-8-14)19-12(3)5-6-13(19)4/h5-10H,1-4H3,(H,18,20). The first-order valence-electron chi connectivity index (χ1n) is 6.55. The highest BCUT2D eigenvalue weighted by Gasteiger charge is 2.07. The van der Waals surface area contributed by atoms with Gasteiger partial charge in [-0.2, -0.15) is 5.10 Å². The summed E-state index contributed by atoms with van der Waals surface area (Å²) in [5.74, 6) is -0.196. The van der Waals surface area contributed by atoms with E-state index in [0.29, 0.717) is 5.56 Å².